The first kappa shape index (κ1) is 24.1. The number of fused-ring (bicyclic) bond motifs is 1. The van der Waals surface area contributed by atoms with Crippen LogP contribution in [0.5, 0.6) is 0 Å². The van der Waals surface area contributed by atoms with Crippen LogP contribution in [0.1, 0.15) is 25.3 Å². The molecule has 37 heavy (non-hydrogen) atoms. The average molecular weight is 493 g/mol. The molecule has 2 heterocycles. The number of nitrogens with one attached hydrogen (secondary N) is 1. The van der Waals surface area contributed by atoms with Gasteiger partial charge in [-0.2, -0.15) is 0 Å². The van der Waals surface area contributed by atoms with E-state index in [1.165, 1.54) is 15.2 Å². The van der Waals surface area contributed by atoms with Crippen LogP contribution in [0.2, 0.25) is 0 Å². The van der Waals surface area contributed by atoms with Crippen LogP contribution < -0.4 is 22.1 Å². The number of benzene rings is 3. The molecule has 0 aliphatic rings. The highest BCUT2D eigenvalue weighted by Gasteiger charge is 2.22. The van der Waals surface area contributed by atoms with E-state index < -0.39 is 11.2 Å². The number of pyridine rings is 1. The Morgan fingerprint density at radius 3 is 1.97 bits per heavy atom. The monoisotopic (exact) mass is 492 g/mol. The molecule has 0 aliphatic heterocycles. The molecule has 7 heteroatoms. The van der Waals surface area contributed by atoms with Crippen LogP contribution in [0, 0.1) is 0 Å². The lowest BCUT2D eigenvalue weighted by Crippen LogP contribution is -2.40. The van der Waals surface area contributed by atoms with E-state index >= 15 is 0 Å². The molecule has 0 aliphatic carbocycles. The molecular weight excluding hydrogens is 464 g/mol. The average Bonchev–Trinajstić information content (AvgIpc) is 2.92. The van der Waals surface area contributed by atoms with Crippen molar-refractivity contribution in [2.75, 3.05) is 5.32 Å². The summed E-state index contributed by atoms with van der Waals surface area (Å²) in [4.78, 5) is 41.1. The van der Waals surface area contributed by atoms with Crippen LogP contribution in [0.15, 0.2) is 105 Å². The van der Waals surface area contributed by atoms with Crippen molar-refractivity contribution in [3.63, 3.8) is 0 Å². The highest BCUT2D eigenvalue weighted by Crippen LogP contribution is 2.26. The Hall–Kier alpha value is -4.65. The lowest BCUT2D eigenvalue weighted by atomic mass is 10.1. The van der Waals surface area contributed by atoms with Crippen LogP contribution in [0.4, 0.5) is 11.4 Å². The van der Waals surface area contributed by atoms with E-state index in [9.17, 15) is 14.4 Å². The van der Waals surface area contributed by atoms with E-state index in [0.29, 0.717) is 17.1 Å². The Balaban J connectivity index is 1.89. The summed E-state index contributed by atoms with van der Waals surface area (Å²) >= 11 is 0. The van der Waals surface area contributed by atoms with Crippen molar-refractivity contribution in [3.8, 4) is 11.4 Å². The number of anilines is 2. The van der Waals surface area contributed by atoms with Crippen molar-refractivity contribution >= 4 is 22.4 Å². The normalized spacial score (nSPS) is 11.1. The largest absolute Gasteiger partial charge is 0.354 e. The van der Waals surface area contributed by atoms with Gasteiger partial charge >= 0.3 is 5.69 Å². The molecule has 5 aromatic rings. The van der Waals surface area contributed by atoms with Crippen LogP contribution >= 0.6 is 0 Å². The maximum absolute atomic E-state index is 14.1. The third-order valence-corrected chi connectivity index (χ3v) is 6.54. The predicted octanol–water partition coefficient (Wildman–Crippen LogP) is 4.93. The second-order valence-corrected chi connectivity index (χ2v) is 8.97. The number of nitrogens with zero attached hydrogens (tertiary/aromatic N) is 3. The highest BCUT2D eigenvalue weighted by molar-refractivity contribution is 5.92. The number of hydrogen-bond acceptors (Lipinski definition) is 4. The Kier molecular flexibility index (Phi) is 6.60. The zero-order valence-electron chi connectivity index (χ0n) is 20.8. The second kappa shape index (κ2) is 10.1. The zero-order valence-corrected chi connectivity index (χ0v) is 20.8. The van der Waals surface area contributed by atoms with Crippen molar-refractivity contribution < 1.29 is 0 Å². The summed E-state index contributed by atoms with van der Waals surface area (Å²) in [5, 5.41) is 3.62. The number of aromatic nitrogens is 3. The number of hydrogen-bond donors (Lipinski definition) is 1. The minimum absolute atomic E-state index is 0.231. The standard InChI is InChI=1S/C30H28N4O3/c1-3-4-13-21-14-11-12-19-24(21)31-25-20-26(35)32(2)28-27(25)29(36)34(23-17-9-6-10-18-23)30(37)33(28)22-15-7-5-8-16-22/h5-12,14-20,31H,3-4,13H2,1-2H3. The molecule has 0 fully saturated rings. The molecule has 0 saturated carbocycles. The van der Waals surface area contributed by atoms with E-state index in [1.54, 1.807) is 43.4 Å². The van der Waals surface area contributed by atoms with Gasteiger partial charge in [0.2, 0.25) is 0 Å². The number of rotatable bonds is 7. The van der Waals surface area contributed by atoms with E-state index in [1.807, 2.05) is 48.5 Å². The summed E-state index contributed by atoms with van der Waals surface area (Å²) in [5.74, 6) is 0. The minimum atomic E-state index is -0.551. The van der Waals surface area contributed by atoms with E-state index in [-0.39, 0.29) is 16.6 Å². The van der Waals surface area contributed by atoms with Crippen molar-refractivity contribution in [1.29, 1.82) is 0 Å². The van der Waals surface area contributed by atoms with Crippen LogP contribution in [-0.4, -0.2) is 13.7 Å². The molecule has 0 amide bonds. The second-order valence-electron chi connectivity index (χ2n) is 8.97. The summed E-state index contributed by atoms with van der Waals surface area (Å²) in [5.41, 5.74) is 2.14. The first-order valence-electron chi connectivity index (χ1n) is 12.4. The summed E-state index contributed by atoms with van der Waals surface area (Å²) in [7, 11) is 1.58. The Bertz CT molecular complexity index is 1750. The molecule has 3 aromatic carbocycles. The molecule has 0 radical (unpaired) electrons. The molecule has 0 spiro atoms. The topological polar surface area (TPSA) is 78.0 Å². The van der Waals surface area contributed by atoms with E-state index in [4.69, 9.17) is 0 Å². The van der Waals surface area contributed by atoms with Gasteiger partial charge in [-0.25, -0.2) is 13.9 Å². The summed E-state index contributed by atoms with van der Waals surface area (Å²) in [6, 6.07) is 27.2. The van der Waals surface area contributed by atoms with Gasteiger partial charge in [0.05, 0.1) is 17.1 Å². The lowest BCUT2D eigenvalue weighted by molar-refractivity contribution is 0.783. The maximum Gasteiger partial charge on any atom is 0.341 e. The zero-order chi connectivity index (χ0) is 25.9. The van der Waals surface area contributed by atoms with Gasteiger partial charge in [-0.3, -0.25) is 14.2 Å². The first-order chi connectivity index (χ1) is 18.0. The molecule has 0 atom stereocenters. The van der Waals surface area contributed by atoms with Crippen LogP contribution in [0.25, 0.3) is 22.4 Å². The Labute approximate surface area is 213 Å². The van der Waals surface area contributed by atoms with Crippen molar-refractivity contribution in [1.82, 2.24) is 13.7 Å². The number of para-hydroxylation sites is 3. The van der Waals surface area contributed by atoms with Gasteiger partial charge in [-0.15, -0.1) is 0 Å². The molecule has 1 N–H and O–H groups in total. The van der Waals surface area contributed by atoms with Crippen molar-refractivity contribution in [2.24, 2.45) is 7.05 Å². The fraction of sp³-hybridized carbons (Fsp3) is 0.167. The molecule has 5 rings (SSSR count). The minimum Gasteiger partial charge on any atom is -0.354 e. The molecular formula is C30H28N4O3. The van der Waals surface area contributed by atoms with Crippen molar-refractivity contribution in [3.05, 3.63) is 128 Å². The third-order valence-electron chi connectivity index (χ3n) is 6.54. The third kappa shape index (κ3) is 4.40. The predicted molar refractivity (Wildman–Crippen MR) is 149 cm³/mol. The van der Waals surface area contributed by atoms with Crippen LogP contribution in [-0.2, 0) is 13.5 Å². The molecule has 186 valence electrons. The quantitative estimate of drug-likeness (QED) is 0.350. The maximum atomic E-state index is 14.1. The molecule has 2 aromatic heterocycles. The van der Waals surface area contributed by atoms with Gasteiger partial charge in [0.1, 0.15) is 11.0 Å². The van der Waals surface area contributed by atoms with E-state index in [0.717, 1.165) is 35.1 Å². The van der Waals surface area contributed by atoms with Crippen LogP contribution in [0.3, 0.4) is 0 Å². The van der Waals surface area contributed by atoms with Gasteiger partial charge in [-0.05, 0) is 48.7 Å². The molecule has 0 saturated heterocycles. The van der Waals surface area contributed by atoms with Gasteiger partial charge < -0.3 is 5.32 Å². The SMILES string of the molecule is CCCCc1ccccc1Nc1cc(=O)n(C)c2c1c(=O)n(-c1ccccc1)c(=O)n2-c1ccccc1. The summed E-state index contributed by atoms with van der Waals surface area (Å²) in [6.45, 7) is 2.14. The summed E-state index contributed by atoms with van der Waals surface area (Å²) in [6.07, 6.45) is 2.93. The Morgan fingerprint density at radius 2 is 1.32 bits per heavy atom. The fourth-order valence-electron chi connectivity index (χ4n) is 4.63. The highest BCUT2D eigenvalue weighted by atomic mass is 16.2. The number of aryl methyl sites for hydroxylation is 2. The fourth-order valence-corrected chi connectivity index (χ4v) is 4.63. The lowest BCUT2D eigenvalue weighted by Gasteiger charge is -2.19. The van der Waals surface area contributed by atoms with Gasteiger partial charge in [-0.1, -0.05) is 67.9 Å². The molecule has 7 nitrogen and oxygen atoms in total. The van der Waals surface area contributed by atoms with Gasteiger partial charge in [0.15, 0.2) is 0 Å². The number of unbranched alkanes of at least 4 members (excludes halogenated alkanes) is 1. The van der Waals surface area contributed by atoms with Gasteiger partial charge in [0, 0.05) is 18.8 Å². The van der Waals surface area contributed by atoms with Gasteiger partial charge in [0.25, 0.3) is 11.1 Å². The van der Waals surface area contributed by atoms with E-state index in [2.05, 4.69) is 12.2 Å². The first-order valence-corrected chi connectivity index (χ1v) is 12.4. The van der Waals surface area contributed by atoms with Crippen molar-refractivity contribution in [2.45, 2.75) is 26.2 Å². The Morgan fingerprint density at radius 1 is 0.730 bits per heavy atom. The smallest absolute Gasteiger partial charge is 0.341 e. The summed E-state index contributed by atoms with van der Waals surface area (Å²) < 4.78 is 3.95. The molecule has 0 unspecified atom stereocenters. The molecule has 0 bridgehead atoms.